The summed E-state index contributed by atoms with van der Waals surface area (Å²) in [4.78, 5) is 0. The van der Waals surface area contributed by atoms with E-state index < -0.39 is 11.6 Å². The summed E-state index contributed by atoms with van der Waals surface area (Å²) < 4.78 is 29.7. The summed E-state index contributed by atoms with van der Waals surface area (Å²) in [6.45, 7) is 6.06. The molecule has 0 N–H and O–H groups in total. The maximum absolute atomic E-state index is 14.9. The number of hydrogen-bond acceptors (Lipinski definition) is 0. The molecule has 144 valence electrons. The Morgan fingerprint density at radius 2 is 1.81 bits per heavy atom. The maximum Gasteiger partial charge on any atom is 0.137 e. The van der Waals surface area contributed by atoms with Crippen molar-refractivity contribution in [2.24, 2.45) is 17.8 Å². The van der Waals surface area contributed by atoms with Gasteiger partial charge in [0.2, 0.25) is 0 Å². The van der Waals surface area contributed by atoms with Gasteiger partial charge < -0.3 is 0 Å². The zero-order valence-electron chi connectivity index (χ0n) is 16.3. The van der Waals surface area contributed by atoms with Gasteiger partial charge in [0.15, 0.2) is 0 Å². The lowest BCUT2D eigenvalue weighted by Crippen LogP contribution is -2.29. The Bertz CT molecular complexity index is 838. The average Bonchev–Trinajstić information content (AvgIpc) is 2.66. The molecule has 2 aliphatic carbocycles. The topological polar surface area (TPSA) is 0 Å². The molecule has 2 heteroatoms. The highest BCUT2D eigenvalue weighted by atomic mass is 19.1. The zero-order valence-corrected chi connectivity index (χ0v) is 16.3. The van der Waals surface area contributed by atoms with Crippen molar-refractivity contribution >= 4 is 10.8 Å². The third-order valence-electron chi connectivity index (χ3n) is 7.07. The van der Waals surface area contributed by atoms with Crippen molar-refractivity contribution < 1.29 is 8.78 Å². The van der Waals surface area contributed by atoms with Crippen LogP contribution in [0.4, 0.5) is 8.78 Å². The highest BCUT2D eigenvalue weighted by Crippen LogP contribution is 2.48. The first-order valence-corrected chi connectivity index (χ1v) is 10.6. The van der Waals surface area contributed by atoms with E-state index in [4.69, 9.17) is 0 Å². The van der Waals surface area contributed by atoms with E-state index in [-0.39, 0.29) is 5.39 Å². The van der Waals surface area contributed by atoms with E-state index in [9.17, 15) is 8.78 Å². The summed E-state index contributed by atoms with van der Waals surface area (Å²) >= 11 is 0. The molecule has 0 saturated heterocycles. The molecule has 2 aromatic rings. The number of halogens is 2. The van der Waals surface area contributed by atoms with Crippen molar-refractivity contribution in [1.29, 1.82) is 0 Å². The Balaban J connectivity index is 1.61. The molecule has 4 atom stereocenters. The number of allylic oxidation sites excluding steroid dienone is 1. The molecule has 0 nitrogen and oxygen atoms in total. The maximum atomic E-state index is 14.9. The Labute approximate surface area is 161 Å². The van der Waals surface area contributed by atoms with E-state index in [0.717, 1.165) is 29.7 Å². The van der Waals surface area contributed by atoms with Gasteiger partial charge in [-0.15, -0.1) is 6.58 Å². The van der Waals surface area contributed by atoms with Crippen LogP contribution in [-0.2, 0) is 6.42 Å². The van der Waals surface area contributed by atoms with Gasteiger partial charge in [0.25, 0.3) is 0 Å². The Kier molecular flexibility index (Phi) is 5.34. The molecule has 0 spiro atoms. The molecular weight excluding hydrogens is 338 g/mol. The third kappa shape index (κ3) is 3.68. The van der Waals surface area contributed by atoms with Crippen molar-refractivity contribution in [1.82, 2.24) is 0 Å². The molecule has 0 radical (unpaired) electrons. The lowest BCUT2D eigenvalue weighted by Gasteiger charge is -2.41. The predicted molar refractivity (Wildman–Crippen MR) is 109 cm³/mol. The van der Waals surface area contributed by atoms with Gasteiger partial charge >= 0.3 is 0 Å². The van der Waals surface area contributed by atoms with Crippen LogP contribution in [0.25, 0.3) is 10.8 Å². The summed E-state index contributed by atoms with van der Waals surface area (Å²) in [6.07, 6.45) is 10.6. The molecule has 0 heterocycles. The van der Waals surface area contributed by atoms with Crippen LogP contribution in [0.15, 0.2) is 36.9 Å². The molecule has 2 aliphatic rings. The van der Waals surface area contributed by atoms with Crippen molar-refractivity contribution in [3.8, 4) is 0 Å². The first-order chi connectivity index (χ1) is 13.1. The van der Waals surface area contributed by atoms with Gasteiger partial charge in [-0.25, -0.2) is 8.78 Å². The number of fused-ring (bicyclic) bond motifs is 2. The van der Waals surface area contributed by atoms with Crippen LogP contribution < -0.4 is 0 Å². The summed E-state index contributed by atoms with van der Waals surface area (Å²) in [5, 5.41) is 0.852. The average molecular weight is 369 g/mol. The smallest absolute Gasteiger partial charge is 0.137 e. The molecule has 2 aromatic carbocycles. The summed E-state index contributed by atoms with van der Waals surface area (Å²) in [6, 6.07) is 7.34. The quantitative estimate of drug-likeness (QED) is 0.489. The fourth-order valence-corrected chi connectivity index (χ4v) is 5.55. The highest BCUT2D eigenvalue weighted by Gasteiger charge is 2.35. The number of benzene rings is 2. The minimum absolute atomic E-state index is 0.153. The lowest BCUT2D eigenvalue weighted by atomic mass is 9.64. The van der Waals surface area contributed by atoms with Gasteiger partial charge in [-0.05, 0) is 91.2 Å². The second-order valence-corrected chi connectivity index (χ2v) is 8.92. The van der Waals surface area contributed by atoms with Gasteiger partial charge in [0.05, 0.1) is 5.39 Å². The largest absolute Gasteiger partial charge is 0.206 e. The molecular formula is C25H30F2. The molecule has 4 rings (SSSR count). The van der Waals surface area contributed by atoms with E-state index in [1.54, 1.807) is 12.1 Å². The molecule has 0 aromatic heterocycles. The minimum Gasteiger partial charge on any atom is -0.206 e. The summed E-state index contributed by atoms with van der Waals surface area (Å²) in [5.41, 5.74) is 1.64. The van der Waals surface area contributed by atoms with Crippen LogP contribution in [0.5, 0.6) is 0 Å². The Morgan fingerprint density at radius 3 is 2.63 bits per heavy atom. The molecule has 0 bridgehead atoms. The molecule has 0 aliphatic heterocycles. The molecule has 4 unspecified atom stereocenters. The third-order valence-corrected chi connectivity index (χ3v) is 7.07. The zero-order chi connectivity index (χ0) is 19.0. The van der Waals surface area contributed by atoms with Gasteiger partial charge in [0.1, 0.15) is 11.6 Å². The van der Waals surface area contributed by atoms with Crippen LogP contribution >= 0.6 is 0 Å². The standard InChI is InChI=1S/C25H30F2/c1-3-4-5-17-8-11-21-14-22(15-23(26)24(21)25(17)27)20-10-9-18-12-16(2)6-7-19(18)13-20/h3,8,11,14-16,18-20H,1,4-7,9-10,12-13H2,2H3. The molecule has 2 saturated carbocycles. The van der Waals surface area contributed by atoms with E-state index in [1.165, 1.54) is 32.1 Å². The van der Waals surface area contributed by atoms with Crippen LogP contribution in [0.3, 0.4) is 0 Å². The van der Waals surface area contributed by atoms with Crippen LogP contribution in [-0.4, -0.2) is 0 Å². The van der Waals surface area contributed by atoms with Crippen molar-refractivity contribution in [3.63, 3.8) is 0 Å². The number of hydrogen-bond donors (Lipinski definition) is 0. The van der Waals surface area contributed by atoms with Gasteiger partial charge in [-0.2, -0.15) is 0 Å². The summed E-state index contributed by atoms with van der Waals surface area (Å²) in [7, 11) is 0. The lowest BCUT2D eigenvalue weighted by molar-refractivity contribution is 0.124. The van der Waals surface area contributed by atoms with E-state index in [1.807, 2.05) is 18.2 Å². The van der Waals surface area contributed by atoms with Crippen molar-refractivity contribution in [2.45, 2.75) is 64.2 Å². The van der Waals surface area contributed by atoms with E-state index in [0.29, 0.717) is 29.7 Å². The highest BCUT2D eigenvalue weighted by molar-refractivity contribution is 5.85. The SMILES string of the molecule is C=CCCc1ccc2cc(C3CCC4CC(C)CCC4C3)cc(F)c2c1F. The van der Waals surface area contributed by atoms with Gasteiger partial charge in [-0.1, -0.05) is 37.6 Å². The minimum atomic E-state index is -0.403. The number of rotatable bonds is 4. The Hall–Kier alpha value is -1.70. The Morgan fingerprint density at radius 1 is 1.04 bits per heavy atom. The van der Waals surface area contributed by atoms with Crippen molar-refractivity contribution in [3.05, 3.63) is 59.7 Å². The summed E-state index contributed by atoms with van der Waals surface area (Å²) in [5.74, 6) is 2.13. The van der Waals surface area contributed by atoms with Gasteiger partial charge in [-0.3, -0.25) is 0 Å². The monoisotopic (exact) mass is 368 g/mol. The van der Waals surface area contributed by atoms with Gasteiger partial charge in [0, 0.05) is 0 Å². The van der Waals surface area contributed by atoms with Crippen molar-refractivity contribution in [2.75, 3.05) is 0 Å². The fraction of sp³-hybridized carbons (Fsp3) is 0.520. The number of aryl methyl sites for hydroxylation is 1. The van der Waals surface area contributed by atoms with Crippen LogP contribution in [0.2, 0.25) is 0 Å². The fourth-order valence-electron chi connectivity index (χ4n) is 5.55. The first-order valence-electron chi connectivity index (χ1n) is 10.6. The predicted octanol–water partition coefficient (Wildman–Crippen LogP) is 7.56. The second kappa shape index (κ2) is 7.73. The van der Waals surface area contributed by atoms with E-state index >= 15 is 0 Å². The van der Waals surface area contributed by atoms with Crippen LogP contribution in [0.1, 0.15) is 68.9 Å². The second-order valence-electron chi connectivity index (χ2n) is 8.92. The normalized spacial score (nSPS) is 28.1. The molecule has 0 amide bonds. The van der Waals surface area contributed by atoms with E-state index in [2.05, 4.69) is 13.5 Å². The molecule has 27 heavy (non-hydrogen) atoms. The molecule has 2 fully saturated rings. The first kappa shape index (κ1) is 18.7. The van der Waals surface area contributed by atoms with Crippen LogP contribution in [0, 0.1) is 29.4 Å².